The molecule has 3 aromatic rings. The van der Waals surface area contributed by atoms with Crippen molar-refractivity contribution in [1.29, 1.82) is 0 Å². The van der Waals surface area contributed by atoms with Crippen molar-refractivity contribution in [2.45, 2.75) is 13.0 Å². The summed E-state index contributed by atoms with van der Waals surface area (Å²) in [6.07, 6.45) is 2.18. The zero-order chi connectivity index (χ0) is 28.9. The van der Waals surface area contributed by atoms with Crippen LogP contribution in [0.4, 0.5) is 0 Å². The number of benzene rings is 2. The van der Waals surface area contributed by atoms with Crippen molar-refractivity contribution >= 4 is 11.8 Å². The van der Waals surface area contributed by atoms with Gasteiger partial charge in [-0.3, -0.25) is 14.5 Å². The maximum atomic E-state index is 13.7. The number of morpholine rings is 1. The Morgan fingerprint density at radius 1 is 0.878 bits per heavy atom. The van der Waals surface area contributed by atoms with E-state index in [0.717, 1.165) is 18.7 Å². The lowest BCUT2D eigenvalue weighted by Gasteiger charge is -2.31. The van der Waals surface area contributed by atoms with Crippen LogP contribution in [0.3, 0.4) is 0 Å². The molecule has 0 N–H and O–H groups in total. The van der Waals surface area contributed by atoms with E-state index < -0.39 is 0 Å². The Bertz CT molecular complexity index is 1210. The number of carbonyl (C=O) groups excluding carboxylic acids is 2. The third kappa shape index (κ3) is 9.26. The molecule has 1 saturated heterocycles. The highest BCUT2D eigenvalue weighted by atomic mass is 16.5. The summed E-state index contributed by atoms with van der Waals surface area (Å²) in [6.45, 7) is 4.50. The summed E-state index contributed by atoms with van der Waals surface area (Å²) >= 11 is 0. The molecule has 0 saturated carbocycles. The van der Waals surface area contributed by atoms with Crippen LogP contribution in [0.2, 0.25) is 0 Å². The molecule has 0 spiro atoms. The molecule has 0 aliphatic carbocycles. The minimum atomic E-state index is -0.242. The summed E-state index contributed by atoms with van der Waals surface area (Å²) in [5, 5.41) is 0. The molecule has 10 heteroatoms. The molecule has 0 atom stereocenters. The Labute approximate surface area is 241 Å². The molecule has 2 heterocycles. The van der Waals surface area contributed by atoms with Gasteiger partial charge in [-0.25, -0.2) is 0 Å². The van der Waals surface area contributed by atoms with Crippen molar-refractivity contribution < 1.29 is 33.0 Å². The van der Waals surface area contributed by atoms with Gasteiger partial charge < -0.3 is 33.2 Å². The van der Waals surface area contributed by atoms with Crippen LogP contribution in [-0.4, -0.2) is 99.8 Å². The number of carbonyl (C=O) groups is 2. The SMILES string of the molecule is COc1ccc(CCN(Cc2ccco2)C(=O)CN(CCN2CCOCC2)C(=O)COc2ccccc2)cc1OC. The summed E-state index contributed by atoms with van der Waals surface area (Å²) in [6, 6.07) is 18.5. The first kappa shape index (κ1) is 30.0. The van der Waals surface area contributed by atoms with Gasteiger partial charge in [0.2, 0.25) is 5.91 Å². The van der Waals surface area contributed by atoms with Gasteiger partial charge in [0.1, 0.15) is 11.5 Å². The highest BCUT2D eigenvalue weighted by molar-refractivity contribution is 5.85. The van der Waals surface area contributed by atoms with Crippen molar-refractivity contribution in [3.8, 4) is 17.2 Å². The quantitative estimate of drug-likeness (QED) is 0.278. The lowest BCUT2D eigenvalue weighted by molar-refractivity contribution is -0.142. The van der Waals surface area contributed by atoms with Crippen LogP contribution >= 0.6 is 0 Å². The topological polar surface area (TPSA) is 93.9 Å². The number of furan rings is 1. The van der Waals surface area contributed by atoms with Gasteiger partial charge in [-0.15, -0.1) is 0 Å². The average Bonchev–Trinajstić information content (AvgIpc) is 3.54. The number of para-hydroxylation sites is 1. The van der Waals surface area contributed by atoms with Crippen molar-refractivity contribution in [3.63, 3.8) is 0 Å². The molecule has 41 heavy (non-hydrogen) atoms. The number of hydrogen-bond acceptors (Lipinski definition) is 8. The maximum absolute atomic E-state index is 13.7. The van der Waals surface area contributed by atoms with Crippen LogP contribution in [0.1, 0.15) is 11.3 Å². The molecule has 1 aliphatic rings. The minimum Gasteiger partial charge on any atom is -0.493 e. The molecule has 1 aliphatic heterocycles. The first-order valence-electron chi connectivity index (χ1n) is 13.8. The standard InChI is InChI=1S/C31H39N3O7/c1-37-28-11-10-25(21-29(28)38-2)12-13-33(22-27-9-6-18-40-27)30(35)23-34(15-14-32-16-19-39-20-17-32)31(36)24-41-26-7-4-3-5-8-26/h3-11,18,21H,12-17,19-20,22-24H2,1-2H3. The second kappa shape index (κ2) is 15.7. The van der Waals surface area contributed by atoms with Gasteiger partial charge in [-0.05, 0) is 48.4 Å². The molecule has 0 bridgehead atoms. The molecule has 2 amide bonds. The fourth-order valence-electron chi connectivity index (χ4n) is 4.58. The lowest BCUT2D eigenvalue weighted by atomic mass is 10.1. The molecule has 4 rings (SSSR count). The Morgan fingerprint density at radius 3 is 2.37 bits per heavy atom. The molecule has 2 aromatic carbocycles. The van der Waals surface area contributed by atoms with E-state index in [4.69, 9.17) is 23.4 Å². The van der Waals surface area contributed by atoms with Crippen LogP contribution in [-0.2, 0) is 27.3 Å². The molecule has 10 nitrogen and oxygen atoms in total. The van der Waals surface area contributed by atoms with E-state index in [-0.39, 0.29) is 25.0 Å². The summed E-state index contributed by atoms with van der Waals surface area (Å²) in [4.78, 5) is 32.6. The highest BCUT2D eigenvalue weighted by Crippen LogP contribution is 2.27. The first-order chi connectivity index (χ1) is 20.1. The Kier molecular flexibility index (Phi) is 11.5. The molecular formula is C31H39N3O7. The Balaban J connectivity index is 1.44. The third-order valence-electron chi connectivity index (χ3n) is 6.97. The van der Waals surface area contributed by atoms with E-state index in [1.807, 2.05) is 42.5 Å². The molecule has 1 aromatic heterocycles. The highest BCUT2D eigenvalue weighted by Gasteiger charge is 2.24. The molecular weight excluding hydrogens is 526 g/mol. The number of amides is 2. The van der Waals surface area contributed by atoms with Gasteiger partial charge in [-0.1, -0.05) is 24.3 Å². The Hall–Kier alpha value is -4.02. The van der Waals surface area contributed by atoms with Crippen molar-refractivity contribution in [3.05, 3.63) is 78.3 Å². The second-order valence-electron chi connectivity index (χ2n) is 9.71. The van der Waals surface area contributed by atoms with Crippen LogP contribution in [0.15, 0.2) is 71.3 Å². The smallest absolute Gasteiger partial charge is 0.261 e. The number of ether oxygens (including phenoxy) is 4. The number of methoxy groups -OCH3 is 2. The normalized spacial score (nSPS) is 13.4. The van der Waals surface area contributed by atoms with Gasteiger partial charge in [0.15, 0.2) is 18.1 Å². The zero-order valence-corrected chi connectivity index (χ0v) is 23.8. The molecule has 0 unspecified atom stereocenters. The van der Waals surface area contributed by atoms with E-state index in [0.29, 0.717) is 68.8 Å². The first-order valence-corrected chi connectivity index (χ1v) is 13.8. The predicted octanol–water partition coefficient (Wildman–Crippen LogP) is 3.11. The summed E-state index contributed by atoms with van der Waals surface area (Å²) < 4.78 is 27.5. The van der Waals surface area contributed by atoms with Gasteiger partial charge in [-0.2, -0.15) is 0 Å². The average molecular weight is 566 g/mol. The fourth-order valence-corrected chi connectivity index (χ4v) is 4.58. The predicted molar refractivity (Wildman–Crippen MR) is 153 cm³/mol. The molecule has 0 radical (unpaired) electrons. The van der Waals surface area contributed by atoms with Gasteiger partial charge in [0.25, 0.3) is 5.91 Å². The second-order valence-corrected chi connectivity index (χ2v) is 9.71. The third-order valence-corrected chi connectivity index (χ3v) is 6.97. The Morgan fingerprint density at radius 2 is 1.66 bits per heavy atom. The van der Waals surface area contributed by atoms with E-state index in [1.54, 1.807) is 48.5 Å². The van der Waals surface area contributed by atoms with Crippen LogP contribution < -0.4 is 14.2 Å². The van der Waals surface area contributed by atoms with Gasteiger partial charge in [0, 0.05) is 32.7 Å². The largest absolute Gasteiger partial charge is 0.493 e. The van der Waals surface area contributed by atoms with Crippen LogP contribution in [0.25, 0.3) is 0 Å². The number of rotatable bonds is 15. The fraction of sp³-hybridized carbons (Fsp3) is 0.419. The minimum absolute atomic E-state index is 0.0615. The van der Waals surface area contributed by atoms with Crippen molar-refractivity contribution in [2.24, 2.45) is 0 Å². The van der Waals surface area contributed by atoms with E-state index in [2.05, 4.69) is 4.90 Å². The van der Waals surface area contributed by atoms with Gasteiger partial charge in [0.05, 0.1) is 46.8 Å². The summed E-state index contributed by atoms with van der Waals surface area (Å²) in [5.41, 5.74) is 0.997. The maximum Gasteiger partial charge on any atom is 0.261 e. The number of hydrogen-bond donors (Lipinski definition) is 0. The number of nitrogens with zero attached hydrogens (tertiary/aromatic N) is 3. The summed E-state index contributed by atoms with van der Waals surface area (Å²) in [7, 11) is 3.19. The van der Waals surface area contributed by atoms with Gasteiger partial charge >= 0.3 is 0 Å². The zero-order valence-electron chi connectivity index (χ0n) is 23.8. The van der Waals surface area contributed by atoms with E-state index >= 15 is 0 Å². The lowest BCUT2D eigenvalue weighted by Crippen LogP contribution is -2.48. The van der Waals surface area contributed by atoms with E-state index in [9.17, 15) is 9.59 Å². The molecule has 1 fully saturated rings. The van der Waals surface area contributed by atoms with Crippen LogP contribution in [0.5, 0.6) is 17.2 Å². The van der Waals surface area contributed by atoms with Crippen molar-refractivity contribution in [2.75, 3.05) is 73.3 Å². The van der Waals surface area contributed by atoms with Crippen LogP contribution in [0, 0.1) is 0 Å². The van der Waals surface area contributed by atoms with E-state index in [1.165, 1.54) is 0 Å². The monoisotopic (exact) mass is 565 g/mol. The van der Waals surface area contributed by atoms with Crippen molar-refractivity contribution in [1.82, 2.24) is 14.7 Å². The molecule has 220 valence electrons. The summed E-state index contributed by atoms with van der Waals surface area (Å²) in [5.74, 6) is 2.14.